The fourth-order valence-corrected chi connectivity index (χ4v) is 1050. The summed E-state index contributed by atoms with van der Waals surface area (Å²) in [4.78, 5) is 27.5. The van der Waals surface area contributed by atoms with E-state index in [1.54, 1.807) is 0 Å². The van der Waals surface area contributed by atoms with Crippen molar-refractivity contribution in [3.63, 3.8) is 0 Å². The maximum Gasteiger partial charge on any atom is 0.354 e. The zero-order valence-electron chi connectivity index (χ0n) is 14.3. The van der Waals surface area contributed by atoms with Crippen molar-refractivity contribution < 1.29 is 38.2 Å². The molecule has 0 saturated heterocycles. The molecule has 31 heavy (non-hydrogen) atoms. The second-order valence-corrected chi connectivity index (χ2v) is 215. The number of amides is 1. The first kappa shape index (κ1) is 35.9. The quantitative estimate of drug-likeness (QED) is 0.251. The minimum atomic E-state index is -1.10. The number of aromatic hydroxyl groups is 2. The Morgan fingerprint density at radius 1 is 0.871 bits per heavy atom. The molecule has 5 N–H and O–H groups in total. The minimum Gasteiger partial charge on any atom is -0.506 e. The standard InChI is InChI=1S/C6H6N2O2.C6H5NO3.I11/c7-6(10)5-2-1-4(9)3-8-5;8-4-1-2-5(6(9)10)7-3-4;1-7-9(4)11(6)10(5)8(2)3/h1-3,9H,(H2,7,10);1-3,8H,(H,9,10);/q;;-1. The number of nitrogens with two attached hydrogens (primary N) is 1. The van der Waals surface area contributed by atoms with Crippen LogP contribution in [0.1, 0.15) is 21.0 Å². The fraction of sp³-hybridized carbons (Fsp3) is 0. The molecule has 0 fully saturated rings. The van der Waals surface area contributed by atoms with E-state index in [1.807, 2.05) is 0 Å². The zero-order valence-corrected chi connectivity index (χ0v) is 38.0. The number of aromatic carboxylic acids is 1. The van der Waals surface area contributed by atoms with Crippen molar-refractivity contribution in [2.75, 3.05) is 0 Å². The van der Waals surface area contributed by atoms with Gasteiger partial charge < -0.3 is 21.1 Å². The molecular weight excluding hydrogens is 1660 g/mol. The van der Waals surface area contributed by atoms with E-state index in [1.165, 1.54) is 30.5 Å². The van der Waals surface area contributed by atoms with Crippen LogP contribution < -0.4 is 19.0 Å². The summed E-state index contributed by atoms with van der Waals surface area (Å²) < 4.78 is 0. The van der Waals surface area contributed by atoms with Crippen molar-refractivity contribution in [1.29, 1.82) is 0 Å². The van der Waals surface area contributed by atoms with Gasteiger partial charge in [-0.1, -0.05) is 0 Å². The van der Waals surface area contributed by atoms with Crippen molar-refractivity contribution in [2.24, 2.45) is 5.73 Å². The Balaban J connectivity index is 0.000000436. The maximum atomic E-state index is 10.4. The van der Waals surface area contributed by atoms with E-state index < -0.39 is 11.9 Å². The third kappa shape index (κ3) is 17.1. The van der Waals surface area contributed by atoms with Crippen LogP contribution >= 0.6 is 143 Å². The summed E-state index contributed by atoms with van der Waals surface area (Å²) in [5.74, 6) is -1.71. The number of rotatable bonds is 6. The first-order valence-electron chi connectivity index (χ1n) is 6.66. The first-order valence-corrected chi connectivity index (χ1v) is 69.5. The number of pyridine rings is 2. The number of carbonyl (C=O) groups excluding carboxylic acids is 1. The number of carbonyl (C=O) groups is 2. The van der Waals surface area contributed by atoms with Gasteiger partial charge in [0.05, 0.1) is 12.4 Å². The van der Waals surface area contributed by atoms with Crippen LogP contribution in [0.2, 0.25) is 0 Å². The molecule has 0 aliphatic rings. The Morgan fingerprint density at radius 3 is 1.61 bits per heavy atom. The largest absolute Gasteiger partial charge is 0.506 e. The van der Waals surface area contributed by atoms with Gasteiger partial charge in [-0.25, -0.2) is 14.8 Å². The van der Waals surface area contributed by atoms with Crippen LogP contribution in [0.25, 0.3) is 0 Å². The van der Waals surface area contributed by atoms with Gasteiger partial charge in [0.15, 0.2) is 0 Å². The summed E-state index contributed by atoms with van der Waals surface area (Å²) in [7, 11) is -1.16. The van der Waals surface area contributed by atoms with Gasteiger partial charge in [-0.15, -0.1) is 0 Å². The summed E-state index contributed by atoms with van der Waals surface area (Å²) in [6.45, 7) is 0. The van der Waals surface area contributed by atoms with Crippen LogP contribution in [0, 0.1) is 0 Å². The number of carboxylic acids is 1. The Hall–Kier alpha value is 4.87. The number of nitrogens with zero attached hydrogens (tertiary/aromatic N) is 2. The van der Waals surface area contributed by atoms with E-state index in [0.717, 1.165) is 6.20 Å². The molecule has 0 atom stereocenters. The number of halogens is 11. The van der Waals surface area contributed by atoms with E-state index in [0.29, 0.717) is 13.3 Å². The minimum absolute atomic E-state index is 0.0185. The molecule has 2 heterocycles. The second-order valence-electron chi connectivity index (χ2n) is 4.17. The smallest absolute Gasteiger partial charge is 0.354 e. The molecule has 2 aromatic heterocycles. The second kappa shape index (κ2) is 20.8. The molecule has 2 aromatic rings. The number of hydrogen-bond donors (Lipinski definition) is 4. The average Bonchev–Trinajstić information content (AvgIpc) is 2.73. The van der Waals surface area contributed by atoms with Gasteiger partial charge in [0.25, 0.3) is 5.91 Å². The summed E-state index contributed by atoms with van der Waals surface area (Å²) in [6, 6.07) is 5.22. The Labute approximate surface area is 260 Å². The molecule has 0 aliphatic heterocycles. The Bertz CT molecular complexity index is 759. The third-order valence-corrected chi connectivity index (χ3v) is 581. The van der Waals surface area contributed by atoms with Crippen LogP contribution in [0.5, 0.6) is 11.5 Å². The molecular formula is C12H11I11N3O5-. The van der Waals surface area contributed by atoms with Crippen LogP contribution in [0.4, 0.5) is 0 Å². The molecule has 0 unspecified atom stereocenters. The summed E-state index contributed by atoms with van der Waals surface area (Å²) >= 11 is 17.8. The van der Waals surface area contributed by atoms with Gasteiger partial charge >= 0.3 is 162 Å². The van der Waals surface area contributed by atoms with E-state index in [4.69, 9.17) is 21.1 Å². The van der Waals surface area contributed by atoms with E-state index in [-0.39, 0.29) is 54.5 Å². The van der Waals surface area contributed by atoms with Crippen molar-refractivity contribution in [3.8, 4) is 11.5 Å². The average molecular weight is 1670 g/mol. The van der Waals surface area contributed by atoms with Crippen LogP contribution in [0.15, 0.2) is 36.7 Å². The molecule has 1 amide bonds. The molecule has 2 rings (SSSR count). The van der Waals surface area contributed by atoms with Gasteiger partial charge in [-0.3, -0.25) is 4.79 Å². The Morgan fingerprint density at radius 2 is 1.32 bits per heavy atom. The van der Waals surface area contributed by atoms with Gasteiger partial charge in [-0.05, 0) is 24.3 Å². The SMILES string of the molecule is I[I-]I(I)I(I)I(I)I(I)I.NC(=O)c1ccc(O)cn1.O=C(O)c1ccc(O)cn1. The molecule has 0 aliphatic carbocycles. The molecule has 0 spiro atoms. The summed E-state index contributed by atoms with van der Waals surface area (Å²) in [5.41, 5.74) is 4.96. The normalized spacial score (nSPS) is 11.7. The predicted octanol–water partition coefficient (Wildman–Crippen LogP) is 6.23. The Kier molecular flexibility index (Phi) is 24.1. The predicted molar refractivity (Wildman–Crippen MR) is 207 cm³/mol. The molecule has 0 saturated carbocycles. The third-order valence-electron chi connectivity index (χ3n) is 2.25. The molecule has 182 valence electrons. The van der Waals surface area contributed by atoms with Crippen molar-refractivity contribution in [3.05, 3.63) is 48.0 Å². The topological polar surface area (TPSA) is 147 Å². The molecule has 0 radical (unpaired) electrons. The van der Waals surface area contributed by atoms with Gasteiger partial charge in [0, 0.05) is 0 Å². The van der Waals surface area contributed by atoms with Crippen LogP contribution in [0.3, 0.4) is 0 Å². The summed E-state index contributed by atoms with van der Waals surface area (Å²) in [6.07, 6.45) is 2.25. The number of aromatic nitrogens is 2. The number of carboxylic acid groups (broad SMARTS) is 1. The van der Waals surface area contributed by atoms with Gasteiger partial charge in [0.1, 0.15) is 22.9 Å². The van der Waals surface area contributed by atoms with Crippen LogP contribution in [-0.2, 0) is 0 Å². The van der Waals surface area contributed by atoms with Crippen molar-refractivity contribution >= 4 is 155 Å². The van der Waals surface area contributed by atoms with E-state index in [9.17, 15) is 9.59 Å². The first-order chi connectivity index (χ1) is 14.4. The van der Waals surface area contributed by atoms with Crippen LogP contribution in [-0.4, -0.2) is 37.2 Å². The van der Waals surface area contributed by atoms with E-state index in [2.05, 4.69) is 122 Å². The molecule has 19 heteroatoms. The van der Waals surface area contributed by atoms with E-state index >= 15 is 0 Å². The van der Waals surface area contributed by atoms with Crippen molar-refractivity contribution in [2.45, 2.75) is 0 Å². The zero-order chi connectivity index (χ0) is 24.1. The van der Waals surface area contributed by atoms with Gasteiger partial charge in [-0.2, -0.15) is 0 Å². The number of hydrogen-bond acceptors (Lipinski definition) is 6. The molecule has 0 aromatic carbocycles. The van der Waals surface area contributed by atoms with Gasteiger partial charge in [0.2, 0.25) is 0 Å². The summed E-state index contributed by atoms with van der Waals surface area (Å²) in [5, 5.41) is 25.7. The number of primary amides is 1. The maximum absolute atomic E-state index is 10.4. The molecule has 0 bridgehead atoms. The fourth-order valence-electron chi connectivity index (χ4n) is 1.12. The van der Waals surface area contributed by atoms with Crippen molar-refractivity contribution in [1.82, 2.24) is 9.97 Å². The molecule has 8 nitrogen and oxygen atoms in total. The monoisotopic (exact) mass is 1670 g/mol.